The summed E-state index contributed by atoms with van der Waals surface area (Å²) in [4.78, 5) is 23.8. The molecule has 0 bridgehead atoms. The summed E-state index contributed by atoms with van der Waals surface area (Å²) in [6, 6.07) is 4.95. The number of aldehydes is 1. The van der Waals surface area contributed by atoms with Crippen LogP contribution in [0, 0.1) is 0 Å². The quantitative estimate of drug-likeness (QED) is 0.818. The Morgan fingerprint density at radius 1 is 1.47 bits per heavy atom. The largest absolute Gasteiger partial charge is 0.492 e. The fourth-order valence-electron chi connectivity index (χ4n) is 1.87. The zero-order chi connectivity index (χ0) is 13.7. The Bertz CT molecular complexity index is 479. The Labute approximate surface area is 116 Å². The third-order valence-electron chi connectivity index (χ3n) is 2.89. The van der Waals surface area contributed by atoms with Gasteiger partial charge < -0.3 is 10.1 Å². The van der Waals surface area contributed by atoms with Crippen molar-refractivity contribution in [2.24, 2.45) is 0 Å². The molecule has 1 saturated heterocycles. The smallest absolute Gasteiger partial charge is 0.234 e. The zero-order valence-corrected chi connectivity index (χ0v) is 11.2. The van der Waals surface area contributed by atoms with Crippen LogP contribution in [0.5, 0.6) is 5.75 Å². The number of ether oxygens (including phenoxy) is 1. The van der Waals surface area contributed by atoms with E-state index >= 15 is 0 Å². The molecule has 1 aliphatic rings. The molecular formula is C13H15ClN2O3. The average molecular weight is 283 g/mol. The highest BCUT2D eigenvalue weighted by Crippen LogP contribution is 2.21. The summed E-state index contributed by atoms with van der Waals surface area (Å²) in [5, 5.41) is 3.15. The van der Waals surface area contributed by atoms with Crippen LogP contribution in [0.3, 0.4) is 0 Å². The second kappa shape index (κ2) is 6.54. The van der Waals surface area contributed by atoms with Crippen molar-refractivity contribution in [1.82, 2.24) is 10.2 Å². The molecule has 0 radical (unpaired) electrons. The van der Waals surface area contributed by atoms with Crippen LogP contribution >= 0.6 is 11.6 Å². The molecule has 1 fully saturated rings. The minimum atomic E-state index is 0.0460. The number of rotatable bonds is 5. The number of nitrogens with one attached hydrogen (secondary N) is 1. The molecule has 0 spiro atoms. The molecule has 1 aliphatic heterocycles. The highest BCUT2D eigenvalue weighted by molar-refractivity contribution is 6.33. The molecule has 0 aromatic heterocycles. The number of hydrogen-bond acceptors (Lipinski definition) is 4. The van der Waals surface area contributed by atoms with E-state index < -0.39 is 0 Å². The van der Waals surface area contributed by atoms with E-state index in [1.165, 1.54) is 0 Å². The lowest BCUT2D eigenvalue weighted by molar-refractivity contribution is -0.124. The van der Waals surface area contributed by atoms with E-state index in [1.54, 1.807) is 18.2 Å². The Morgan fingerprint density at radius 3 is 3.00 bits per heavy atom. The predicted molar refractivity (Wildman–Crippen MR) is 71.8 cm³/mol. The van der Waals surface area contributed by atoms with E-state index in [0.717, 1.165) is 6.54 Å². The average Bonchev–Trinajstić information content (AvgIpc) is 2.39. The van der Waals surface area contributed by atoms with Gasteiger partial charge in [-0.3, -0.25) is 14.5 Å². The highest BCUT2D eigenvalue weighted by Gasteiger charge is 2.15. The molecule has 0 saturated carbocycles. The second-order valence-corrected chi connectivity index (χ2v) is 4.68. The van der Waals surface area contributed by atoms with Crippen molar-refractivity contribution in [1.29, 1.82) is 0 Å². The fraction of sp³-hybridized carbons (Fsp3) is 0.385. The first-order chi connectivity index (χ1) is 9.19. The number of carbonyl (C=O) groups is 2. The lowest BCUT2D eigenvalue weighted by atomic mass is 10.2. The molecule has 19 heavy (non-hydrogen) atoms. The molecular weight excluding hydrogens is 268 g/mol. The monoisotopic (exact) mass is 282 g/mol. The number of piperazine rings is 1. The summed E-state index contributed by atoms with van der Waals surface area (Å²) < 4.78 is 5.55. The lowest BCUT2D eigenvalue weighted by Gasteiger charge is -2.26. The van der Waals surface area contributed by atoms with Gasteiger partial charge in [0.2, 0.25) is 5.91 Å². The van der Waals surface area contributed by atoms with Crippen LogP contribution in [-0.2, 0) is 4.79 Å². The van der Waals surface area contributed by atoms with Crippen LogP contribution in [0.1, 0.15) is 10.4 Å². The van der Waals surface area contributed by atoms with Gasteiger partial charge in [-0.2, -0.15) is 0 Å². The highest BCUT2D eigenvalue weighted by atomic mass is 35.5. The third kappa shape index (κ3) is 3.94. The van der Waals surface area contributed by atoms with Gasteiger partial charge in [-0.05, 0) is 18.2 Å². The molecule has 1 heterocycles. The van der Waals surface area contributed by atoms with Crippen molar-refractivity contribution in [2.45, 2.75) is 0 Å². The summed E-state index contributed by atoms with van der Waals surface area (Å²) in [5.74, 6) is 0.668. The maximum atomic E-state index is 11.2. The van der Waals surface area contributed by atoms with E-state index in [4.69, 9.17) is 16.3 Å². The summed E-state index contributed by atoms with van der Waals surface area (Å²) in [6.45, 7) is 3.08. The van der Waals surface area contributed by atoms with Crippen molar-refractivity contribution in [2.75, 3.05) is 32.8 Å². The fourth-order valence-corrected chi connectivity index (χ4v) is 2.08. The number of halogens is 1. The van der Waals surface area contributed by atoms with Crippen molar-refractivity contribution in [3.63, 3.8) is 0 Å². The van der Waals surface area contributed by atoms with Gasteiger partial charge >= 0.3 is 0 Å². The van der Waals surface area contributed by atoms with Crippen LogP contribution in [0.25, 0.3) is 0 Å². The van der Waals surface area contributed by atoms with Gasteiger partial charge in [0.25, 0.3) is 0 Å². The van der Waals surface area contributed by atoms with Crippen molar-refractivity contribution < 1.29 is 14.3 Å². The normalized spacial score (nSPS) is 15.9. The van der Waals surface area contributed by atoms with Gasteiger partial charge in [0, 0.05) is 25.2 Å². The number of amides is 1. The van der Waals surface area contributed by atoms with E-state index in [-0.39, 0.29) is 5.91 Å². The molecule has 1 N–H and O–H groups in total. The molecule has 2 rings (SSSR count). The topological polar surface area (TPSA) is 58.6 Å². The van der Waals surface area contributed by atoms with Crippen molar-refractivity contribution in [3.05, 3.63) is 28.8 Å². The molecule has 6 heteroatoms. The van der Waals surface area contributed by atoms with Crippen LogP contribution in [0.4, 0.5) is 0 Å². The van der Waals surface area contributed by atoms with Crippen LogP contribution in [-0.4, -0.2) is 49.9 Å². The summed E-state index contributed by atoms with van der Waals surface area (Å²) in [6.07, 6.45) is 0.707. The number of hydrogen-bond donors (Lipinski definition) is 1. The first-order valence-electron chi connectivity index (χ1n) is 6.05. The van der Waals surface area contributed by atoms with Gasteiger partial charge in [-0.25, -0.2) is 0 Å². The summed E-state index contributed by atoms with van der Waals surface area (Å²) in [7, 11) is 0. The van der Waals surface area contributed by atoms with Crippen molar-refractivity contribution >= 4 is 23.8 Å². The first kappa shape index (κ1) is 13.8. The van der Waals surface area contributed by atoms with Gasteiger partial charge in [0.05, 0.1) is 11.6 Å². The molecule has 0 unspecified atom stereocenters. The summed E-state index contributed by atoms with van der Waals surface area (Å²) >= 11 is 5.90. The molecule has 0 aliphatic carbocycles. The van der Waals surface area contributed by atoms with Crippen LogP contribution in [0.2, 0.25) is 5.02 Å². The van der Waals surface area contributed by atoms with Gasteiger partial charge in [0.1, 0.15) is 12.4 Å². The minimum absolute atomic E-state index is 0.0460. The Balaban J connectivity index is 1.80. The second-order valence-electron chi connectivity index (χ2n) is 4.28. The zero-order valence-electron chi connectivity index (χ0n) is 10.4. The minimum Gasteiger partial charge on any atom is -0.492 e. The van der Waals surface area contributed by atoms with Crippen LogP contribution < -0.4 is 10.1 Å². The molecule has 102 valence electrons. The molecule has 1 aromatic rings. The van der Waals surface area contributed by atoms with Gasteiger partial charge in [0.15, 0.2) is 6.29 Å². The Hall–Kier alpha value is -1.59. The van der Waals surface area contributed by atoms with E-state index in [2.05, 4.69) is 5.32 Å². The van der Waals surface area contributed by atoms with Crippen molar-refractivity contribution in [3.8, 4) is 5.75 Å². The number of benzene rings is 1. The maximum absolute atomic E-state index is 11.2. The SMILES string of the molecule is O=Cc1ccc(OCCN2CCNC(=O)C2)cc1Cl. The van der Waals surface area contributed by atoms with Gasteiger partial charge in [-0.1, -0.05) is 11.6 Å². The van der Waals surface area contributed by atoms with E-state index in [0.29, 0.717) is 48.9 Å². The standard InChI is InChI=1S/C13H15ClN2O3/c14-12-7-11(2-1-10(12)9-17)19-6-5-16-4-3-15-13(18)8-16/h1-2,7,9H,3-6,8H2,(H,15,18). The van der Waals surface area contributed by atoms with Crippen LogP contribution in [0.15, 0.2) is 18.2 Å². The maximum Gasteiger partial charge on any atom is 0.234 e. The Morgan fingerprint density at radius 2 is 2.32 bits per heavy atom. The summed E-state index contributed by atoms with van der Waals surface area (Å²) in [5.41, 5.74) is 0.446. The number of carbonyl (C=O) groups excluding carboxylic acids is 2. The lowest BCUT2D eigenvalue weighted by Crippen LogP contribution is -2.48. The first-order valence-corrected chi connectivity index (χ1v) is 6.43. The van der Waals surface area contributed by atoms with E-state index in [9.17, 15) is 9.59 Å². The molecule has 5 nitrogen and oxygen atoms in total. The molecule has 1 aromatic carbocycles. The predicted octanol–water partition coefficient (Wildman–Crippen LogP) is 0.963. The molecule has 1 amide bonds. The number of nitrogens with zero attached hydrogens (tertiary/aromatic N) is 1. The molecule has 0 atom stereocenters. The third-order valence-corrected chi connectivity index (χ3v) is 3.22. The van der Waals surface area contributed by atoms with E-state index in [1.807, 2.05) is 4.90 Å². The van der Waals surface area contributed by atoms with Gasteiger partial charge in [-0.15, -0.1) is 0 Å². The Kier molecular flexibility index (Phi) is 4.76.